The summed E-state index contributed by atoms with van der Waals surface area (Å²) in [5, 5.41) is 2.84. The van der Waals surface area contributed by atoms with Crippen LogP contribution in [0.15, 0.2) is 12.1 Å². The van der Waals surface area contributed by atoms with E-state index in [0.29, 0.717) is 11.3 Å². The zero-order valence-corrected chi connectivity index (χ0v) is 11.9. The summed E-state index contributed by atoms with van der Waals surface area (Å²) in [6.07, 6.45) is 1.69. The average Bonchev–Trinajstić information content (AvgIpc) is 2.37. The Morgan fingerprint density at radius 1 is 1.37 bits per heavy atom. The molecule has 1 aromatic carbocycles. The predicted octanol–water partition coefficient (Wildman–Crippen LogP) is 2.41. The number of carbonyl (C=O) groups excluding carboxylic acids is 2. The lowest BCUT2D eigenvalue weighted by Crippen LogP contribution is -2.35. The summed E-state index contributed by atoms with van der Waals surface area (Å²) in [6, 6.07) is 3.65. The van der Waals surface area contributed by atoms with E-state index in [4.69, 9.17) is 4.74 Å². The number of nitrogens with one attached hydrogen (secondary N) is 1. The number of aldehydes is 1. The van der Waals surface area contributed by atoms with Gasteiger partial charge >= 0.3 is 0 Å². The molecule has 1 amide bonds. The molecule has 1 N–H and O–H groups in total. The number of benzene rings is 1. The van der Waals surface area contributed by atoms with Crippen molar-refractivity contribution in [2.24, 2.45) is 0 Å². The van der Waals surface area contributed by atoms with Gasteiger partial charge in [0.2, 0.25) is 0 Å². The van der Waals surface area contributed by atoms with E-state index in [1.807, 2.05) is 27.7 Å². The van der Waals surface area contributed by atoms with Gasteiger partial charge in [-0.15, -0.1) is 0 Å². The normalized spacial score (nSPS) is 11.8. The highest BCUT2D eigenvalue weighted by molar-refractivity contribution is 5.78. The highest BCUT2D eigenvalue weighted by Crippen LogP contribution is 2.24. The largest absolute Gasteiger partial charge is 0.483 e. The minimum atomic E-state index is -0.132. The Labute approximate surface area is 114 Å². The zero-order valence-electron chi connectivity index (χ0n) is 11.9. The lowest BCUT2D eigenvalue weighted by molar-refractivity contribution is -0.123. The maximum Gasteiger partial charge on any atom is 0.258 e. The Morgan fingerprint density at radius 2 is 1.95 bits per heavy atom. The summed E-state index contributed by atoms with van der Waals surface area (Å²) < 4.78 is 5.55. The van der Waals surface area contributed by atoms with Crippen LogP contribution >= 0.6 is 0 Å². The molecule has 4 nitrogen and oxygen atoms in total. The van der Waals surface area contributed by atoms with Crippen molar-refractivity contribution in [2.75, 3.05) is 6.61 Å². The Bertz CT molecular complexity index is 445. The van der Waals surface area contributed by atoms with Crippen molar-refractivity contribution in [3.63, 3.8) is 0 Å². The third-order valence-corrected chi connectivity index (χ3v) is 2.99. The number of amides is 1. The zero-order chi connectivity index (χ0) is 14.4. The lowest BCUT2D eigenvalue weighted by atomic mass is 10.1. The summed E-state index contributed by atoms with van der Waals surface area (Å²) in [5.41, 5.74) is 2.34. The van der Waals surface area contributed by atoms with Gasteiger partial charge in [0.1, 0.15) is 12.0 Å². The smallest absolute Gasteiger partial charge is 0.258 e. The van der Waals surface area contributed by atoms with E-state index >= 15 is 0 Å². The highest BCUT2D eigenvalue weighted by atomic mass is 16.5. The quantitative estimate of drug-likeness (QED) is 0.802. The van der Waals surface area contributed by atoms with E-state index in [-0.39, 0.29) is 18.6 Å². The van der Waals surface area contributed by atoms with Crippen molar-refractivity contribution in [3.8, 4) is 5.75 Å². The molecule has 0 bridgehead atoms. The molecule has 0 saturated carbocycles. The summed E-state index contributed by atoms with van der Waals surface area (Å²) in [5.74, 6) is 0.539. The molecule has 0 aromatic heterocycles. The molecule has 19 heavy (non-hydrogen) atoms. The van der Waals surface area contributed by atoms with Crippen LogP contribution in [0.2, 0.25) is 0 Å². The monoisotopic (exact) mass is 263 g/mol. The topological polar surface area (TPSA) is 55.4 Å². The Kier molecular flexibility index (Phi) is 5.55. The molecule has 0 aliphatic rings. The van der Waals surface area contributed by atoms with Crippen LogP contribution in [-0.4, -0.2) is 24.8 Å². The summed E-state index contributed by atoms with van der Waals surface area (Å²) in [6.45, 7) is 7.68. The number of aryl methyl sites for hydroxylation is 2. The minimum Gasteiger partial charge on any atom is -0.483 e. The van der Waals surface area contributed by atoms with Crippen molar-refractivity contribution in [1.29, 1.82) is 0 Å². The van der Waals surface area contributed by atoms with Gasteiger partial charge in [0.25, 0.3) is 5.91 Å². The molecule has 0 spiro atoms. The number of hydrogen-bond donors (Lipinski definition) is 1. The van der Waals surface area contributed by atoms with Crippen LogP contribution in [-0.2, 0) is 4.79 Å². The van der Waals surface area contributed by atoms with Crippen LogP contribution in [0.1, 0.15) is 41.8 Å². The molecule has 1 aromatic rings. The first-order valence-corrected chi connectivity index (χ1v) is 6.46. The number of hydrogen-bond acceptors (Lipinski definition) is 3. The van der Waals surface area contributed by atoms with Crippen LogP contribution in [0.4, 0.5) is 0 Å². The molecular formula is C15H21NO3. The van der Waals surface area contributed by atoms with Crippen molar-refractivity contribution >= 4 is 12.2 Å². The maximum atomic E-state index is 11.6. The molecule has 4 heteroatoms. The third-order valence-electron chi connectivity index (χ3n) is 2.99. The summed E-state index contributed by atoms with van der Waals surface area (Å²) in [7, 11) is 0. The molecule has 1 unspecified atom stereocenters. The Balaban J connectivity index is 2.68. The summed E-state index contributed by atoms with van der Waals surface area (Å²) >= 11 is 0. The molecule has 0 aliphatic carbocycles. The first-order chi connectivity index (χ1) is 8.97. The van der Waals surface area contributed by atoms with Gasteiger partial charge < -0.3 is 10.1 Å². The second-order valence-electron chi connectivity index (χ2n) is 4.77. The molecule has 1 rings (SSSR count). The average molecular weight is 263 g/mol. The maximum absolute atomic E-state index is 11.6. The van der Waals surface area contributed by atoms with Crippen molar-refractivity contribution in [2.45, 2.75) is 40.2 Å². The van der Waals surface area contributed by atoms with E-state index in [1.165, 1.54) is 0 Å². The fourth-order valence-electron chi connectivity index (χ4n) is 1.84. The van der Waals surface area contributed by atoms with Crippen LogP contribution in [0.3, 0.4) is 0 Å². The van der Waals surface area contributed by atoms with E-state index < -0.39 is 0 Å². The number of rotatable bonds is 6. The minimum absolute atomic E-state index is 0.00748. The highest BCUT2D eigenvalue weighted by Gasteiger charge is 2.10. The molecule has 104 valence electrons. The fraction of sp³-hybridized carbons (Fsp3) is 0.467. The van der Waals surface area contributed by atoms with E-state index in [0.717, 1.165) is 23.8 Å². The van der Waals surface area contributed by atoms with Gasteiger partial charge in [0.05, 0.1) is 0 Å². The second-order valence-corrected chi connectivity index (χ2v) is 4.77. The van der Waals surface area contributed by atoms with E-state index in [1.54, 1.807) is 12.1 Å². The lowest BCUT2D eigenvalue weighted by Gasteiger charge is -2.15. The molecular weight excluding hydrogens is 242 g/mol. The molecule has 0 fully saturated rings. The van der Waals surface area contributed by atoms with Gasteiger partial charge in [-0.25, -0.2) is 0 Å². The van der Waals surface area contributed by atoms with Gasteiger partial charge in [-0.1, -0.05) is 6.92 Å². The molecule has 1 atom stereocenters. The van der Waals surface area contributed by atoms with E-state index in [9.17, 15) is 9.59 Å². The standard InChI is InChI=1S/C15H21NO3/c1-5-12(4)16-14(18)9-19-15-10(2)6-13(8-17)7-11(15)3/h6-8,12H,5,9H2,1-4H3,(H,16,18). The van der Waals surface area contributed by atoms with Gasteiger partial charge in [0, 0.05) is 11.6 Å². The third kappa shape index (κ3) is 4.39. The van der Waals surface area contributed by atoms with Gasteiger partial charge in [0.15, 0.2) is 6.61 Å². The summed E-state index contributed by atoms with van der Waals surface area (Å²) in [4.78, 5) is 22.4. The number of ether oxygens (including phenoxy) is 1. The van der Waals surface area contributed by atoms with E-state index in [2.05, 4.69) is 5.32 Å². The van der Waals surface area contributed by atoms with Crippen LogP contribution < -0.4 is 10.1 Å². The molecule has 0 aliphatic heterocycles. The van der Waals surface area contributed by atoms with Crippen LogP contribution in [0.25, 0.3) is 0 Å². The fourth-order valence-corrected chi connectivity index (χ4v) is 1.84. The van der Waals surface area contributed by atoms with Crippen molar-refractivity contribution in [3.05, 3.63) is 28.8 Å². The van der Waals surface area contributed by atoms with Crippen molar-refractivity contribution in [1.82, 2.24) is 5.32 Å². The van der Waals surface area contributed by atoms with Gasteiger partial charge in [-0.2, -0.15) is 0 Å². The Morgan fingerprint density at radius 3 is 2.42 bits per heavy atom. The SMILES string of the molecule is CCC(C)NC(=O)COc1c(C)cc(C=O)cc1C. The number of carbonyl (C=O) groups is 2. The second kappa shape index (κ2) is 6.92. The van der Waals surface area contributed by atoms with Gasteiger partial charge in [-0.05, 0) is 50.5 Å². The van der Waals surface area contributed by atoms with Crippen LogP contribution in [0, 0.1) is 13.8 Å². The molecule has 0 radical (unpaired) electrons. The Hall–Kier alpha value is -1.84. The molecule has 0 saturated heterocycles. The first kappa shape index (κ1) is 15.2. The van der Waals surface area contributed by atoms with Crippen LogP contribution in [0.5, 0.6) is 5.75 Å². The van der Waals surface area contributed by atoms with Gasteiger partial charge in [-0.3, -0.25) is 9.59 Å². The predicted molar refractivity (Wildman–Crippen MR) is 74.7 cm³/mol. The first-order valence-electron chi connectivity index (χ1n) is 6.46. The van der Waals surface area contributed by atoms with Crippen molar-refractivity contribution < 1.29 is 14.3 Å². The molecule has 0 heterocycles.